The molecule has 0 bridgehead atoms. The summed E-state index contributed by atoms with van der Waals surface area (Å²) in [6.07, 6.45) is 3.97. The Balaban J connectivity index is 1.96. The van der Waals surface area contributed by atoms with Crippen molar-refractivity contribution < 1.29 is 4.79 Å². The molecule has 1 aromatic rings. The molecule has 0 fully saturated rings. The second-order valence-electron chi connectivity index (χ2n) is 5.36. The number of urea groups is 1. The zero-order chi connectivity index (χ0) is 15.2. The zero-order valence-corrected chi connectivity index (χ0v) is 12.5. The Bertz CT molecular complexity index is 587. The Morgan fingerprint density at radius 3 is 2.71 bits per heavy atom. The molecule has 2 rings (SSSR count). The van der Waals surface area contributed by atoms with Gasteiger partial charge in [0, 0.05) is 5.69 Å². The average Bonchev–Trinajstić information content (AvgIpc) is 2.47. The maximum Gasteiger partial charge on any atom is 0.339 e. The third-order valence-corrected chi connectivity index (χ3v) is 3.62. The maximum atomic E-state index is 11.8. The van der Waals surface area contributed by atoms with Crippen molar-refractivity contribution in [2.75, 3.05) is 5.32 Å². The summed E-state index contributed by atoms with van der Waals surface area (Å²) in [7, 11) is 0. The quantitative estimate of drug-likeness (QED) is 0.637. The van der Waals surface area contributed by atoms with Crippen molar-refractivity contribution in [2.24, 2.45) is 11.0 Å². The van der Waals surface area contributed by atoms with E-state index in [0.717, 1.165) is 35.4 Å². The summed E-state index contributed by atoms with van der Waals surface area (Å²) in [5.74, 6) is 0.409. The topological polar surface area (TPSA) is 53.5 Å². The predicted octanol–water partition coefficient (Wildman–Crippen LogP) is 4.10. The molecule has 0 radical (unpaired) electrons. The molecule has 21 heavy (non-hydrogen) atoms. The fourth-order valence-corrected chi connectivity index (χ4v) is 2.22. The van der Waals surface area contributed by atoms with Crippen LogP contribution in [0.2, 0.25) is 0 Å². The number of nitrogens with one attached hydrogen (secondary N) is 2. The van der Waals surface area contributed by atoms with Crippen LogP contribution in [0.1, 0.15) is 26.7 Å². The molecule has 0 heterocycles. The van der Waals surface area contributed by atoms with E-state index < -0.39 is 0 Å². The van der Waals surface area contributed by atoms with Gasteiger partial charge in [0.15, 0.2) is 0 Å². The molecule has 1 aromatic carbocycles. The van der Waals surface area contributed by atoms with Gasteiger partial charge in [0.1, 0.15) is 0 Å². The number of para-hydroxylation sites is 1. The minimum absolute atomic E-state index is 0.334. The monoisotopic (exact) mass is 283 g/mol. The van der Waals surface area contributed by atoms with E-state index in [-0.39, 0.29) is 6.03 Å². The summed E-state index contributed by atoms with van der Waals surface area (Å²) in [5.41, 5.74) is 6.49. The minimum atomic E-state index is -0.334. The molecule has 0 unspecified atom stereocenters. The van der Waals surface area contributed by atoms with Gasteiger partial charge in [0.25, 0.3) is 0 Å². The second kappa shape index (κ2) is 6.88. The highest BCUT2D eigenvalue weighted by atomic mass is 16.2. The third-order valence-electron chi connectivity index (χ3n) is 3.62. The van der Waals surface area contributed by atoms with Gasteiger partial charge in [0.05, 0.1) is 5.71 Å². The van der Waals surface area contributed by atoms with Crippen molar-refractivity contribution in [3.05, 3.63) is 54.1 Å². The van der Waals surface area contributed by atoms with Crippen LogP contribution in [0.25, 0.3) is 0 Å². The molecule has 1 aliphatic carbocycles. The first-order valence-electron chi connectivity index (χ1n) is 7.07. The predicted molar refractivity (Wildman–Crippen MR) is 87.3 cm³/mol. The van der Waals surface area contributed by atoms with E-state index in [1.54, 1.807) is 0 Å². The first-order chi connectivity index (χ1) is 10.1. The first kappa shape index (κ1) is 15.0. The van der Waals surface area contributed by atoms with Gasteiger partial charge in [-0.1, -0.05) is 36.4 Å². The molecule has 0 saturated carbocycles. The van der Waals surface area contributed by atoms with Gasteiger partial charge in [-0.2, -0.15) is 5.10 Å². The van der Waals surface area contributed by atoms with Crippen LogP contribution in [-0.2, 0) is 0 Å². The van der Waals surface area contributed by atoms with Gasteiger partial charge in [-0.15, -0.1) is 0 Å². The summed E-state index contributed by atoms with van der Waals surface area (Å²) in [4.78, 5) is 11.8. The number of hydrazone groups is 1. The molecule has 0 spiro atoms. The van der Waals surface area contributed by atoms with Gasteiger partial charge < -0.3 is 5.32 Å². The number of benzene rings is 1. The molecule has 1 aliphatic rings. The van der Waals surface area contributed by atoms with Crippen molar-refractivity contribution in [3.8, 4) is 0 Å². The van der Waals surface area contributed by atoms with E-state index in [2.05, 4.69) is 28.5 Å². The Hall–Kier alpha value is -2.36. The smallest absolute Gasteiger partial charge is 0.307 e. The molecule has 110 valence electrons. The summed E-state index contributed by atoms with van der Waals surface area (Å²) in [5, 5.41) is 6.97. The normalized spacial score (nSPS) is 19.8. The Morgan fingerprint density at radius 2 is 2.05 bits per heavy atom. The van der Waals surface area contributed by atoms with E-state index in [9.17, 15) is 4.79 Å². The lowest BCUT2D eigenvalue weighted by atomic mass is 9.85. The molecule has 2 N–H and O–H groups in total. The van der Waals surface area contributed by atoms with Crippen LogP contribution < -0.4 is 10.7 Å². The third kappa shape index (κ3) is 4.31. The highest BCUT2D eigenvalue weighted by Crippen LogP contribution is 2.26. The Kier molecular flexibility index (Phi) is 4.93. The van der Waals surface area contributed by atoms with Crippen molar-refractivity contribution in [2.45, 2.75) is 26.7 Å². The Labute approximate surface area is 125 Å². The van der Waals surface area contributed by atoms with Crippen molar-refractivity contribution in [1.29, 1.82) is 0 Å². The van der Waals surface area contributed by atoms with Crippen LogP contribution in [0.15, 0.2) is 59.2 Å². The molecule has 0 aliphatic heterocycles. The highest BCUT2D eigenvalue weighted by molar-refractivity contribution is 6.01. The van der Waals surface area contributed by atoms with Crippen LogP contribution >= 0.6 is 0 Å². The van der Waals surface area contributed by atoms with Gasteiger partial charge in [-0.05, 0) is 50.3 Å². The largest absolute Gasteiger partial charge is 0.339 e. The fourth-order valence-electron chi connectivity index (χ4n) is 2.22. The lowest BCUT2D eigenvalue weighted by Crippen LogP contribution is -2.27. The molecule has 0 aromatic heterocycles. The molecule has 0 saturated heterocycles. The van der Waals surface area contributed by atoms with E-state index in [1.807, 2.05) is 44.2 Å². The summed E-state index contributed by atoms with van der Waals surface area (Å²) >= 11 is 0. The van der Waals surface area contributed by atoms with Crippen molar-refractivity contribution in [1.82, 2.24) is 5.43 Å². The number of anilines is 1. The molecule has 4 nitrogen and oxygen atoms in total. The molecule has 1 atom stereocenters. The number of hydrogen-bond donors (Lipinski definition) is 2. The standard InChI is InChI=1S/C17H21N3O/c1-12(2)14-10-9-13(3)16(11-14)19-20-17(21)18-15-7-5-4-6-8-15/h4-9,14H,1,10-11H2,2-3H3,(H2,18,20,21)/t14-/m1/s1. The van der Waals surface area contributed by atoms with E-state index in [0.29, 0.717) is 5.92 Å². The van der Waals surface area contributed by atoms with Crippen molar-refractivity contribution >= 4 is 17.4 Å². The van der Waals surface area contributed by atoms with Crippen LogP contribution in [0.5, 0.6) is 0 Å². The lowest BCUT2D eigenvalue weighted by molar-refractivity contribution is 0.252. The molecule has 4 heteroatoms. The number of carbonyl (C=O) groups excluding carboxylic acids is 1. The zero-order valence-electron chi connectivity index (χ0n) is 12.5. The van der Waals surface area contributed by atoms with Crippen LogP contribution in [0.3, 0.4) is 0 Å². The van der Waals surface area contributed by atoms with Gasteiger partial charge in [-0.25, -0.2) is 10.2 Å². The molecular weight excluding hydrogens is 262 g/mol. The second-order valence-corrected chi connectivity index (χ2v) is 5.36. The number of amides is 2. The van der Waals surface area contributed by atoms with E-state index in [4.69, 9.17) is 0 Å². The van der Waals surface area contributed by atoms with Gasteiger partial charge >= 0.3 is 6.03 Å². The SMILES string of the molecule is C=C(C)[C@@H]1CC=C(C)C(=NNC(=O)Nc2ccccc2)C1. The minimum Gasteiger partial charge on any atom is -0.307 e. The van der Waals surface area contributed by atoms with E-state index in [1.165, 1.54) is 0 Å². The highest BCUT2D eigenvalue weighted by Gasteiger charge is 2.18. The van der Waals surface area contributed by atoms with Crippen LogP contribution in [0, 0.1) is 5.92 Å². The van der Waals surface area contributed by atoms with Crippen LogP contribution in [0.4, 0.5) is 10.5 Å². The summed E-state index contributed by atoms with van der Waals surface area (Å²) in [6.45, 7) is 8.06. The number of carbonyl (C=O) groups is 1. The molecule has 2 amide bonds. The van der Waals surface area contributed by atoms with Crippen LogP contribution in [-0.4, -0.2) is 11.7 Å². The number of rotatable bonds is 3. The summed E-state index contributed by atoms with van der Waals surface area (Å²) < 4.78 is 0. The number of hydrogen-bond acceptors (Lipinski definition) is 2. The first-order valence-corrected chi connectivity index (χ1v) is 7.07. The maximum absolute atomic E-state index is 11.8. The average molecular weight is 283 g/mol. The molecular formula is C17H21N3O. The van der Waals surface area contributed by atoms with Gasteiger partial charge in [-0.3, -0.25) is 0 Å². The van der Waals surface area contributed by atoms with Gasteiger partial charge in [0.2, 0.25) is 0 Å². The number of nitrogens with zero attached hydrogens (tertiary/aromatic N) is 1. The van der Waals surface area contributed by atoms with Crippen molar-refractivity contribution in [3.63, 3.8) is 0 Å². The van der Waals surface area contributed by atoms with E-state index >= 15 is 0 Å². The fraction of sp³-hybridized carbons (Fsp3) is 0.294. The lowest BCUT2D eigenvalue weighted by Gasteiger charge is -2.22. The Morgan fingerprint density at radius 1 is 1.33 bits per heavy atom. The summed E-state index contributed by atoms with van der Waals surface area (Å²) in [6, 6.07) is 8.96. The number of allylic oxidation sites excluding steroid dienone is 3.